The van der Waals surface area contributed by atoms with Gasteiger partial charge in [0, 0.05) is 6.54 Å². The van der Waals surface area contributed by atoms with Crippen LogP contribution >= 0.6 is 0 Å². The van der Waals surface area contributed by atoms with Crippen LogP contribution in [0.2, 0.25) is 0 Å². The second-order valence-electron chi connectivity index (χ2n) is 6.46. The monoisotopic (exact) mass is 286 g/mol. The molecule has 1 saturated heterocycles. The minimum Gasteiger partial charge on any atom is -0.326 e. The topological polar surface area (TPSA) is 63.4 Å². The van der Waals surface area contributed by atoms with Crippen LogP contribution in [0.25, 0.3) is 0 Å². The highest BCUT2D eigenvalue weighted by Gasteiger charge is 2.52. The van der Waals surface area contributed by atoms with Gasteiger partial charge < -0.3 is 5.73 Å². The zero-order valence-electron chi connectivity index (χ0n) is 12.6. The van der Waals surface area contributed by atoms with Crippen LogP contribution in [0.15, 0.2) is 24.3 Å². The Hall–Kier alpha value is -1.68. The Kier molecular flexibility index (Phi) is 3.57. The number of nitrogens with two attached hydrogens (primary N) is 1. The molecule has 2 aliphatic rings. The SMILES string of the molecule is CC1CC2C(=O)N(C(C)c3ccc(CN)cc3)C(=O)C2C1. The molecule has 4 nitrogen and oxygen atoms in total. The van der Waals surface area contributed by atoms with Crippen molar-refractivity contribution in [1.29, 1.82) is 0 Å². The lowest BCUT2D eigenvalue weighted by Crippen LogP contribution is -2.34. The molecule has 0 spiro atoms. The molecule has 2 amide bonds. The van der Waals surface area contributed by atoms with E-state index in [2.05, 4.69) is 6.92 Å². The maximum atomic E-state index is 12.6. The summed E-state index contributed by atoms with van der Waals surface area (Å²) in [5.74, 6) is 0.347. The summed E-state index contributed by atoms with van der Waals surface area (Å²) in [6, 6.07) is 7.64. The summed E-state index contributed by atoms with van der Waals surface area (Å²) in [5.41, 5.74) is 7.64. The third-order valence-electron chi connectivity index (χ3n) is 4.99. The second kappa shape index (κ2) is 5.26. The maximum absolute atomic E-state index is 12.6. The van der Waals surface area contributed by atoms with Gasteiger partial charge in [0.25, 0.3) is 0 Å². The average molecular weight is 286 g/mol. The summed E-state index contributed by atoms with van der Waals surface area (Å²) >= 11 is 0. The first-order valence-corrected chi connectivity index (χ1v) is 7.68. The minimum atomic E-state index is -0.197. The highest BCUT2D eigenvalue weighted by Crippen LogP contribution is 2.45. The molecule has 3 rings (SSSR count). The number of benzene rings is 1. The molecular formula is C17H22N2O2. The molecule has 0 radical (unpaired) electrons. The quantitative estimate of drug-likeness (QED) is 0.867. The molecule has 1 aromatic carbocycles. The predicted octanol–water partition coefficient (Wildman–Crippen LogP) is 2.24. The number of carbonyl (C=O) groups is 2. The van der Waals surface area contributed by atoms with Crippen molar-refractivity contribution in [3.8, 4) is 0 Å². The zero-order chi connectivity index (χ0) is 15.1. The van der Waals surface area contributed by atoms with Crippen molar-refractivity contribution < 1.29 is 9.59 Å². The number of hydrogen-bond acceptors (Lipinski definition) is 3. The fraction of sp³-hybridized carbons (Fsp3) is 0.529. The van der Waals surface area contributed by atoms with Crippen LogP contribution in [0.3, 0.4) is 0 Å². The predicted molar refractivity (Wildman–Crippen MR) is 80.0 cm³/mol. The van der Waals surface area contributed by atoms with Gasteiger partial charge in [-0.1, -0.05) is 31.2 Å². The molecule has 112 valence electrons. The van der Waals surface area contributed by atoms with Gasteiger partial charge in [-0.25, -0.2) is 0 Å². The molecule has 3 unspecified atom stereocenters. The van der Waals surface area contributed by atoms with Crippen LogP contribution in [0.1, 0.15) is 43.9 Å². The van der Waals surface area contributed by atoms with Crippen LogP contribution in [-0.2, 0) is 16.1 Å². The summed E-state index contributed by atoms with van der Waals surface area (Å²) < 4.78 is 0. The molecule has 21 heavy (non-hydrogen) atoms. The summed E-state index contributed by atoms with van der Waals surface area (Å²) in [6.07, 6.45) is 1.70. The van der Waals surface area contributed by atoms with Crippen LogP contribution < -0.4 is 5.73 Å². The van der Waals surface area contributed by atoms with Gasteiger partial charge in [0.2, 0.25) is 11.8 Å². The van der Waals surface area contributed by atoms with Gasteiger partial charge in [0.1, 0.15) is 0 Å². The van der Waals surface area contributed by atoms with Gasteiger partial charge in [0.15, 0.2) is 0 Å². The fourth-order valence-electron chi connectivity index (χ4n) is 3.77. The maximum Gasteiger partial charge on any atom is 0.233 e. The lowest BCUT2D eigenvalue weighted by atomic mass is 10.00. The van der Waals surface area contributed by atoms with Crippen LogP contribution in [-0.4, -0.2) is 16.7 Å². The molecule has 0 aromatic heterocycles. The van der Waals surface area contributed by atoms with Gasteiger partial charge >= 0.3 is 0 Å². The number of fused-ring (bicyclic) bond motifs is 1. The fourth-order valence-corrected chi connectivity index (χ4v) is 3.77. The third-order valence-corrected chi connectivity index (χ3v) is 4.99. The molecule has 3 atom stereocenters. The van der Waals surface area contributed by atoms with E-state index in [1.165, 1.54) is 4.90 Å². The number of hydrogen-bond donors (Lipinski definition) is 1. The molecule has 0 bridgehead atoms. The molecule has 1 aliphatic carbocycles. The number of rotatable bonds is 3. The van der Waals surface area contributed by atoms with Crippen molar-refractivity contribution in [2.45, 2.75) is 39.3 Å². The summed E-state index contributed by atoms with van der Waals surface area (Å²) in [5, 5.41) is 0. The first kappa shape index (κ1) is 14.3. The van der Waals surface area contributed by atoms with Crippen molar-refractivity contribution in [3.05, 3.63) is 35.4 Å². The first-order valence-electron chi connectivity index (χ1n) is 7.68. The molecular weight excluding hydrogens is 264 g/mol. The molecule has 1 saturated carbocycles. The van der Waals surface area contributed by atoms with E-state index in [0.717, 1.165) is 24.0 Å². The standard InChI is InChI=1S/C17H22N2O2/c1-10-7-14-15(8-10)17(21)19(16(14)20)11(2)13-5-3-12(9-18)4-6-13/h3-6,10-11,14-15H,7-9,18H2,1-2H3. The van der Waals surface area contributed by atoms with Gasteiger partial charge in [-0.2, -0.15) is 0 Å². The number of carbonyl (C=O) groups excluding carboxylic acids is 2. The summed E-state index contributed by atoms with van der Waals surface area (Å²) in [7, 11) is 0. The van der Waals surface area contributed by atoms with E-state index in [4.69, 9.17) is 5.73 Å². The zero-order valence-corrected chi connectivity index (χ0v) is 12.6. The molecule has 2 N–H and O–H groups in total. The number of likely N-dealkylation sites (tertiary alicyclic amines) is 1. The lowest BCUT2D eigenvalue weighted by molar-refractivity contribution is -0.143. The summed E-state index contributed by atoms with van der Waals surface area (Å²) in [4.78, 5) is 26.6. The van der Waals surface area contributed by atoms with Crippen molar-refractivity contribution in [3.63, 3.8) is 0 Å². The number of imide groups is 1. The molecule has 4 heteroatoms. The normalized spacial score (nSPS) is 29.9. The van der Waals surface area contributed by atoms with Crippen molar-refractivity contribution in [2.75, 3.05) is 0 Å². The Morgan fingerprint density at radius 3 is 2.14 bits per heavy atom. The number of nitrogens with zero attached hydrogens (tertiary/aromatic N) is 1. The van der Waals surface area contributed by atoms with E-state index in [1.54, 1.807) is 0 Å². The highest BCUT2D eigenvalue weighted by atomic mass is 16.2. The van der Waals surface area contributed by atoms with E-state index in [9.17, 15) is 9.59 Å². The molecule has 1 aliphatic heterocycles. The van der Waals surface area contributed by atoms with E-state index >= 15 is 0 Å². The molecule has 1 heterocycles. The Morgan fingerprint density at radius 2 is 1.67 bits per heavy atom. The van der Waals surface area contributed by atoms with Crippen LogP contribution in [0, 0.1) is 17.8 Å². The lowest BCUT2D eigenvalue weighted by Gasteiger charge is -2.25. The van der Waals surface area contributed by atoms with Gasteiger partial charge in [-0.3, -0.25) is 14.5 Å². The second-order valence-corrected chi connectivity index (χ2v) is 6.46. The van der Waals surface area contributed by atoms with Gasteiger partial charge in [-0.05, 0) is 36.8 Å². The van der Waals surface area contributed by atoms with Crippen LogP contribution in [0.5, 0.6) is 0 Å². The van der Waals surface area contributed by atoms with Crippen molar-refractivity contribution >= 4 is 11.8 Å². The average Bonchev–Trinajstić information content (AvgIpc) is 2.97. The summed E-state index contributed by atoms with van der Waals surface area (Å²) in [6.45, 7) is 4.55. The van der Waals surface area contributed by atoms with Crippen molar-refractivity contribution in [2.24, 2.45) is 23.5 Å². The van der Waals surface area contributed by atoms with E-state index < -0.39 is 0 Å². The van der Waals surface area contributed by atoms with E-state index in [1.807, 2.05) is 31.2 Å². The Labute approximate surface area is 125 Å². The largest absolute Gasteiger partial charge is 0.326 e. The van der Waals surface area contributed by atoms with Gasteiger partial charge in [0.05, 0.1) is 17.9 Å². The Morgan fingerprint density at radius 1 is 1.14 bits per heavy atom. The molecule has 2 fully saturated rings. The van der Waals surface area contributed by atoms with Gasteiger partial charge in [-0.15, -0.1) is 0 Å². The van der Waals surface area contributed by atoms with Crippen LogP contribution in [0.4, 0.5) is 0 Å². The minimum absolute atomic E-state index is 0.0183. The van der Waals surface area contributed by atoms with E-state index in [-0.39, 0.29) is 29.7 Å². The molecule has 1 aromatic rings. The number of amides is 2. The third kappa shape index (κ3) is 2.27. The van der Waals surface area contributed by atoms with E-state index in [0.29, 0.717) is 12.5 Å². The first-order chi connectivity index (χ1) is 10.0. The van der Waals surface area contributed by atoms with Crippen molar-refractivity contribution in [1.82, 2.24) is 4.90 Å². The smallest absolute Gasteiger partial charge is 0.233 e. The highest BCUT2D eigenvalue weighted by molar-refractivity contribution is 6.05. The Bertz CT molecular complexity index is 543. The Balaban J connectivity index is 1.83.